The van der Waals surface area contributed by atoms with Gasteiger partial charge in [-0.3, -0.25) is 4.90 Å². The molecule has 1 N–H and O–H groups in total. The lowest BCUT2D eigenvalue weighted by atomic mass is 10.0. The van der Waals surface area contributed by atoms with Crippen molar-refractivity contribution in [1.82, 2.24) is 10.2 Å². The van der Waals surface area contributed by atoms with Gasteiger partial charge in [-0.05, 0) is 32.5 Å². The highest BCUT2D eigenvalue weighted by atomic mass is 19.1. The molecule has 0 aliphatic carbocycles. The summed E-state index contributed by atoms with van der Waals surface area (Å²) in [4.78, 5) is 2.37. The molecule has 19 heavy (non-hydrogen) atoms. The molecule has 1 unspecified atom stereocenters. The Morgan fingerprint density at radius 3 is 3.00 bits per heavy atom. The standard InChI is InChI=1S/C15H23FN2O/c1-17-10-13-7-3-4-9-18(13)11-12-6-5-8-14(19-2)15(12)16/h5-6,8,13,17H,3-4,7,9-11H2,1-2H3. The van der Waals surface area contributed by atoms with E-state index in [1.165, 1.54) is 26.4 Å². The van der Waals surface area contributed by atoms with Gasteiger partial charge in [-0.15, -0.1) is 0 Å². The predicted molar refractivity (Wildman–Crippen MR) is 74.9 cm³/mol. The van der Waals surface area contributed by atoms with Gasteiger partial charge in [-0.2, -0.15) is 0 Å². The van der Waals surface area contributed by atoms with Crippen molar-refractivity contribution in [3.05, 3.63) is 29.6 Å². The maximum Gasteiger partial charge on any atom is 0.169 e. The van der Waals surface area contributed by atoms with E-state index in [-0.39, 0.29) is 5.82 Å². The number of likely N-dealkylation sites (tertiary alicyclic amines) is 1. The quantitative estimate of drug-likeness (QED) is 0.885. The normalized spacial score (nSPS) is 20.5. The SMILES string of the molecule is CNCC1CCCCN1Cc1cccc(OC)c1F. The third-order valence-corrected chi connectivity index (χ3v) is 3.83. The fourth-order valence-corrected chi connectivity index (χ4v) is 2.79. The van der Waals surface area contributed by atoms with E-state index < -0.39 is 0 Å². The topological polar surface area (TPSA) is 24.5 Å². The second-order valence-corrected chi connectivity index (χ2v) is 5.11. The first-order valence-electron chi connectivity index (χ1n) is 6.96. The van der Waals surface area contributed by atoms with Crippen LogP contribution in [0.15, 0.2) is 18.2 Å². The number of ether oxygens (including phenoxy) is 1. The van der Waals surface area contributed by atoms with E-state index in [1.54, 1.807) is 6.07 Å². The Morgan fingerprint density at radius 2 is 2.26 bits per heavy atom. The van der Waals surface area contributed by atoms with Crippen LogP contribution >= 0.6 is 0 Å². The number of hydrogen-bond donors (Lipinski definition) is 1. The van der Waals surface area contributed by atoms with Crippen molar-refractivity contribution in [2.45, 2.75) is 31.8 Å². The third-order valence-electron chi connectivity index (χ3n) is 3.83. The second kappa shape index (κ2) is 6.87. The van der Waals surface area contributed by atoms with Crippen LogP contribution < -0.4 is 10.1 Å². The van der Waals surface area contributed by atoms with Gasteiger partial charge in [0.1, 0.15) is 0 Å². The zero-order chi connectivity index (χ0) is 13.7. The van der Waals surface area contributed by atoms with Gasteiger partial charge < -0.3 is 10.1 Å². The fraction of sp³-hybridized carbons (Fsp3) is 0.600. The lowest BCUT2D eigenvalue weighted by Gasteiger charge is -2.35. The van der Waals surface area contributed by atoms with Crippen LogP contribution in [-0.2, 0) is 6.54 Å². The van der Waals surface area contributed by atoms with Crippen molar-refractivity contribution < 1.29 is 9.13 Å². The smallest absolute Gasteiger partial charge is 0.169 e. The maximum atomic E-state index is 14.2. The maximum absolute atomic E-state index is 14.2. The zero-order valence-electron chi connectivity index (χ0n) is 11.8. The molecule has 3 nitrogen and oxygen atoms in total. The van der Waals surface area contributed by atoms with E-state index >= 15 is 0 Å². The average Bonchev–Trinajstić information content (AvgIpc) is 2.43. The van der Waals surface area contributed by atoms with Gasteiger partial charge >= 0.3 is 0 Å². The summed E-state index contributed by atoms with van der Waals surface area (Å²) in [5.41, 5.74) is 0.724. The first-order valence-corrected chi connectivity index (χ1v) is 6.96. The minimum Gasteiger partial charge on any atom is -0.494 e. The summed E-state index contributed by atoms with van der Waals surface area (Å²) in [5, 5.41) is 3.23. The highest BCUT2D eigenvalue weighted by molar-refractivity contribution is 5.31. The third kappa shape index (κ3) is 3.45. The van der Waals surface area contributed by atoms with Gasteiger partial charge in [-0.25, -0.2) is 4.39 Å². The lowest BCUT2D eigenvalue weighted by molar-refractivity contribution is 0.137. The number of likely N-dealkylation sites (N-methyl/N-ethyl adjacent to an activating group) is 1. The molecule has 1 aromatic carbocycles. The molecule has 1 aliphatic heterocycles. The van der Waals surface area contributed by atoms with E-state index in [4.69, 9.17) is 4.74 Å². The summed E-state index contributed by atoms with van der Waals surface area (Å²) in [6.45, 7) is 2.67. The van der Waals surface area contributed by atoms with Crippen molar-refractivity contribution >= 4 is 0 Å². The van der Waals surface area contributed by atoms with Crippen LogP contribution in [0.3, 0.4) is 0 Å². The first-order chi connectivity index (χ1) is 9.26. The Morgan fingerprint density at radius 1 is 1.42 bits per heavy atom. The second-order valence-electron chi connectivity index (χ2n) is 5.11. The molecule has 0 radical (unpaired) electrons. The molecule has 0 spiro atoms. The Balaban J connectivity index is 2.10. The molecular weight excluding hydrogens is 243 g/mol. The summed E-state index contributed by atoms with van der Waals surface area (Å²) in [5.74, 6) is 0.110. The van der Waals surface area contributed by atoms with Crippen LogP contribution in [0.25, 0.3) is 0 Å². The summed E-state index contributed by atoms with van der Waals surface area (Å²) >= 11 is 0. The lowest BCUT2D eigenvalue weighted by Crippen LogP contribution is -2.44. The van der Waals surface area contributed by atoms with Crippen LogP contribution in [0, 0.1) is 5.82 Å². The van der Waals surface area contributed by atoms with E-state index in [0.717, 1.165) is 18.7 Å². The summed E-state index contributed by atoms with van der Waals surface area (Å²) in [7, 11) is 3.48. The Bertz CT molecular complexity index is 409. The van der Waals surface area contributed by atoms with Crippen molar-refractivity contribution in [2.24, 2.45) is 0 Å². The predicted octanol–water partition coefficient (Wildman–Crippen LogP) is 2.41. The Kier molecular flexibility index (Phi) is 5.16. The number of piperidine rings is 1. The van der Waals surface area contributed by atoms with Crippen molar-refractivity contribution in [1.29, 1.82) is 0 Å². The summed E-state index contributed by atoms with van der Waals surface area (Å²) < 4.78 is 19.2. The van der Waals surface area contributed by atoms with Crippen LogP contribution in [0.2, 0.25) is 0 Å². The monoisotopic (exact) mass is 266 g/mol. The molecule has 0 bridgehead atoms. The molecule has 1 heterocycles. The van der Waals surface area contributed by atoms with E-state index in [9.17, 15) is 4.39 Å². The molecule has 1 fully saturated rings. The molecule has 1 aromatic rings. The van der Waals surface area contributed by atoms with Crippen LogP contribution in [0.5, 0.6) is 5.75 Å². The van der Waals surface area contributed by atoms with E-state index in [1.807, 2.05) is 19.2 Å². The number of nitrogens with zero attached hydrogens (tertiary/aromatic N) is 1. The highest BCUT2D eigenvalue weighted by Gasteiger charge is 2.23. The molecule has 4 heteroatoms. The molecule has 106 valence electrons. The van der Waals surface area contributed by atoms with Gasteiger partial charge in [0.2, 0.25) is 0 Å². The zero-order valence-corrected chi connectivity index (χ0v) is 11.8. The van der Waals surface area contributed by atoms with E-state index in [2.05, 4.69) is 10.2 Å². The number of benzene rings is 1. The number of rotatable bonds is 5. The van der Waals surface area contributed by atoms with Crippen LogP contribution in [-0.4, -0.2) is 38.2 Å². The summed E-state index contributed by atoms with van der Waals surface area (Å²) in [6, 6.07) is 5.88. The van der Waals surface area contributed by atoms with Crippen LogP contribution in [0.4, 0.5) is 4.39 Å². The van der Waals surface area contributed by atoms with Crippen molar-refractivity contribution in [2.75, 3.05) is 27.2 Å². The molecular formula is C15H23FN2O. The first kappa shape index (κ1) is 14.3. The molecule has 1 saturated heterocycles. The number of nitrogens with one attached hydrogen (secondary N) is 1. The number of methoxy groups -OCH3 is 1. The molecule has 0 amide bonds. The number of halogens is 1. The van der Waals surface area contributed by atoms with Gasteiger partial charge in [0.25, 0.3) is 0 Å². The van der Waals surface area contributed by atoms with Gasteiger partial charge in [0, 0.05) is 24.7 Å². The van der Waals surface area contributed by atoms with Gasteiger partial charge in [0.05, 0.1) is 7.11 Å². The molecule has 0 saturated carbocycles. The Hall–Kier alpha value is -1.13. The van der Waals surface area contributed by atoms with Crippen molar-refractivity contribution in [3.63, 3.8) is 0 Å². The minimum atomic E-state index is -0.223. The molecule has 1 atom stereocenters. The van der Waals surface area contributed by atoms with E-state index in [0.29, 0.717) is 18.3 Å². The molecule has 0 aromatic heterocycles. The molecule has 2 rings (SSSR count). The summed E-state index contributed by atoms with van der Waals surface area (Å²) in [6.07, 6.45) is 3.65. The highest BCUT2D eigenvalue weighted by Crippen LogP contribution is 2.24. The minimum absolute atomic E-state index is 0.223. The average molecular weight is 266 g/mol. The largest absolute Gasteiger partial charge is 0.494 e. The fourth-order valence-electron chi connectivity index (χ4n) is 2.79. The van der Waals surface area contributed by atoms with Crippen LogP contribution in [0.1, 0.15) is 24.8 Å². The van der Waals surface area contributed by atoms with Gasteiger partial charge in [-0.1, -0.05) is 18.6 Å². The Labute approximate surface area is 114 Å². The number of hydrogen-bond acceptors (Lipinski definition) is 3. The molecule has 1 aliphatic rings. The van der Waals surface area contributed by atoms with Gasteiger partial charge in [0.15, 0.2) is 11.6 Å². The van der Waals surface area contributed by atoms with Crippen molar-refractivity contribution in [3.8, 4) is 5.75 Å².